The van der Waals surface area contributed by atoms with Crippen LogP contribution in [0.2, 0.25) is 0 Å². The molecule has 0 aliphatic heterocycles. The summed E-state index contributed by atoms with van der Waals surface area (Å²) in [6.45, 7) is 7.14. The third-order valence-electron chi connectivity index (χ3n) is 4.55. The molecule has 0 radical (unpaired) electrons. The average Bonchev–Trinajstić information content (AvgIpc) is 3.11. The van der Waals surface area contributed by atoms with Gasteiger partial charge in [-0.15, -0.1) is 0 Å². The van der Waals surface area contributed by atoms with E-state index in [0.29, 0.717) is 30.0 Å². The summed E-state index contributed by atoms with van der Waals surface area (Å²) in [6, 6.07) is 7.03. The molecule has 0 fully saturated rings. The van der Waals surface area contributed by atoms with Crippen molar-refractivity contribution in [3.05, 3.63) is 53.9 Å². The fourth-order valence-electron chi connectivity index (χ4n) is 3.12. The van der Waals surface area contributed by atoms with Gasteiger partial charge < -0.3 is 20.5 Å². The van der Waals surface area contributed by atoms with Crippen molar-refractivity contribution in [1.82, 2.24) is 30.2 Å². The van der Waals surface area contributed by atoms with Crippen LogP contribution in [0.3, 0.4) is 0 Å². The molecule has 9 heteroatoms. The van der Waals surface area contributed by atoms with Crippen LogP contribution in [0.25, 0.3) is 11.4 Å². The van der Waals surface area contributed by atoms with Gasteiger partial charge in [-0.2, -0.15) is 0 Å². The predicted octanol–water partition coefficient (Wildman–Crippen LogP) is 3.06. The van der Waals surface area contributed by atoms with Crippen LogP contribution in [0.1, 0.15) is 36.1 Å². The number of imidazole rings is 1. The first kappa shape index (κ1) is 21.4. The molecule has 0 aliphatic rings. The molecule has 3 rings (SSSR count). The number of aryl methyl sites for hydroxylation is 1. The highest BCUT2D eigenvalue weighted by Gasteiger charge is 2.17. The van der Waals surface area contributed by atoms with Crippen molar-refractivity contribution in [1.29, 1.82) is 0 Å². The average molecular weight is 411 g/mol. The van der Waals surface area contributed by atoms with Gasteiger partial charge in [0.15, 0.2) is 5.82 Å². The van der Waals surface area contributed by atoms with Gasteiger partial charge in [-0.25, -0.2) is 19.3 Å². The van der Waals surface area contributed by atoms with E-state index < -0.39 is 5.82 Å². The SMILES string of the molecule is CNCCNC(=O)c1ccc(Nc2ncc(F)c(-c3cnc(C)n3C(C)C)n2)cc1. The van der Waals surface area contributed by atoms with Gasteiger partial charge >= 0.3 is 0 Å². The third-order valence-corrected chi connectivity index (χ3v) is 4.55. The number of benzene rings is 1. The monoisotopic (exact) mass is 411 g/mol. The number of nitrogens with one attached hydrogen (secondary N) is 3. The van der Waals surface area contributed by atoms with E-state index in [1.807, 2.05) is 32.4 Å². The summed E-state index contributed by atoms with van der Waals surface area (Å²) in [6.07, 6.45) is 2.76. The molecule has 0 atom stereocenters. The van der Waals surface area contributed by atoms with Crippen LogP contribution in [0.15, 0.2) is 36.7 Å². The van der Waals surface area contributed by atoms with E-state index in [9.17, 15) is 9.18 Å². The summed E-state index contributed by atoms with van der Waals surface area (Å²) in [5.41, 5.74) is 2.02. The van der Waals surface area contributed by atoms with Gasteiger partial charge in [0.1, 0.15) is 11.5 Å². The number of carbonyl (C=O) groups excluding carboxylic acids is 1. The standard InChI is InChI=1S/C21H26FN7O/c1-13(2)29-14(3)25-12-18(29)19-17(22)11-26-21(28-19)27-16-7-5-15(6-8-16)20(30)24-10-9-23-4/h5-8,11-13,23H,9-10H2,1-4H3,(H,24,30)(H,26,27,28). The normalized spacial score (nSPS) is 11.0. The minimum absolute atomic E-state index is 0.111. The van der Waals surface area contributed by atoms with Crippen molar-refractivity contribution in [3.8, 4) is 11.4 Å². The van der Waals surface area contributed by atoms with Gasteiger partial charge in [-0.1, -0.05) is 0 Å². The molecule has 1 amide bonds. The first-order valence-electron chi connectivity index (χ1n) is 9.77. The fraction of sp³-hybridized carbons (Fsp3) is 0.333. The summed E-state index contributed by atoms with van der Waals surface area (Å²) < 4.78 is 16.4. The number of hydrogen-bond acceptors (Lipinski definition) is 6. The Morgan fingerprint density at radius 2 is 1.87 bits per heavy atom. The smallest absolute Gasteiger partial charge is 0.251 e. The van der Waals surface area contributed by atoms with E-state index in [0.717, 1.165) is 12.0 Å². The summed E-state index contributed by atoms with van der Waals surface area (Å²) in [5.74, 6) is 0.383. The van der Waals surface area contributed by atoms with Crippen molar-refractivity contribution in [2.24, 2.45) is 0 Å². The van der Waals surface area contributed by atoms with Crippen LogP contribution in [0, 0.1) is 12.7 Å². The Kier molecular flexibility index (Phi) is 6.73. The molecule has 8 nitrogen and oxygen atoms in total. The van der Waals surface area contributed by atoms with Gasteiger partial charge in [-0.3, -0.25) is 4.79 Å². The molecule has 3 N–H and O–H groups in total. The zero-order chi connectivity index (χ0) is 21.7. The fourth-order valence-corrected chi connectivity index (χ4v) is 3.12. The van der Waals surface area contributed by atoms with Crippen LogP contribution in [0.4, 0.5) is 16.0 Å². The van der Waals surface area contributed by atoms with E-state index in [1.54, 1.807) is 30.5 Å². The van der Waals surface area contributed by atoms with Crippen molar-refractivity contribution < 1.29 is 9.18 Å². The lowest BCUT2D eigenvalue weighted by atomic mass is 10.2. The van der Waals surface area contributed by atoms with Gasteiger partial charge in [0.2, 0.25) is 5.95 Å². The van der Waals surface area contributed by atoms with Crippen molar-refractivity contribution in [2.45, 2.75) is 26.8 Å². The van der Waals surface area contributed by atoms with Crippen LogP contribution in [0.5, 0.6) is 0 Å². The molecule has 0 spiro atoms. The number of carbonyl (C=O) groups is 1. The van der Waals surface area contributed by atoms with Crippen molar-refractivity contribution in [2.75, 3.05) is 25.5 Å². The Morgan fingerprint density at radius 3 is 2.53 bits per heavy atom. The van der Waals surface area contributed by atoms with E-state index in [-0.39, 0.29) is 23.6 Å². The molecule has 0 saturated carbocycles. The molecule has 1 aromatic carbocycles. The number of anilines is 2. The number of rotatable bonds is 8. The molecule has 158 valence electrons. The van der Waals surface area contributed by atoms with E-state index >= 15 is 0 Å². The Hall–Kier alpha value is -3.33. The second-order valence-electron chi connectivity index (χ2n) is 7.11. The molecule has 2 aromatic heterocycles. The zero-order valence-corrected chi connectivity index (χ0v) is 17.5. The maximum absolute atomic E-state index is 14.5. The van der Waals surface area contributed by atoms with Crippen LogP contribution >= 0.6 is 0 Å². The maximum Gasteiger partial charge on any atom is 0.251 e. The molecular formula is C21H26FN7O. The molecule has 0 unspecified atom stereocenters. The zero-order valence-electron chi connectivity index (χ0n) is 17.5. The maximum atomic E-state index is 14.5. The Morgan fingerprint density at radius 1 is 1.13 bits per heavy atom. The number of nitrogens with zero attached hydrogens (tertiary/aromatic N) is 4. The Balaban J connectivity index is 1.78. The van der Waals surface area contributed by atoms with E-state index in [1.165, 1.54) is 0 Å². The lowest BCUT2D eigenvalue weighted by Gasteiger charge is -2.14. The highest BCUT2D eigenvalue weighted by atomic mass is 19.1. The molecule has 3 aromatic rings. The molecule has 0 aliphatic carbocycles. The number of halogens is 1. The van der Waals surface area contributed by atoms with Crippen LogP contribution in [-0.2, 0) is 0 Å². The molecule has 30 heavy (non-hydrogen) atoms. The number of amides is 1. The number of likely N-dealkylation sites (N-methyl/N-ethyl adjacent to an activating group) is 1. The van der Waals surface area contributed by atoms with E-state index in [4.69, 9.17) is 0 Å². The largest absolute Gasteiger partial charge is 0.351 e. The topological polar surface area (TPSA) is 96.8 Å². The molecule has 2 heterocycles. The summed E-state index contributed by atoms with van der Waals surface area (Å²) in [5, 5.41) is 8.85. The van der Waals surface area contributed by atoms with Crippen LogP contribution < -0.4 is 16.0 Å². The van der Waals surface area contributed by atoms with Gasteiger partial charge in [0.05, 0.1) is 18.1 Å². The minimum atomic E-state index is -0.518. The van der Waals surface area contributed by atoms with E-state index in [2.05, 4.69) is 30.9 Å². The van der Waals surface area contributed by atoms with Crippen molar-refractivity contribution >= 4 is 17.5 Å². The molecule has 0 bridgehead atoms. The lowest BCUT2D eigenvalue weighted by Crippen LogP contribution is -2.30. The third kappa shape index (κ3) is 4.80. The van der Waals surface area contributed by atoms with Gasteiger partial charge in [0, 0.05) is 30.4 Å². The van der Waals surface area contributed by atoms with Crippen molar-refractivity contribution in [3.63, 3.8) is 0 Å². The van der Waals surface area contributed by atoms with Gasteiger partial charge in [0.25, 0.3) is 5.91 Å². The van der Waals surface area contributed by atoms with Gasteiger partial charge in [-0.05, 0) is 52.1 Å². The van der Waals surface area contributed by atoms with Crippen LogP contribution in [-0.4, -0.2) is 45.6 Å². The molecular weight excluding hydrogens is 385 g/mol. The Bertz CT molecular complexity index is 1010. The number of aromatic nitrogens is 4. The lowest BCUT2D eigenvalue weighted by molar-refractivity contribution is 0.0954. The first-order chi connectivity index (χ1) is 14.4. The summed E-state index contributed by atoms with van der Waals surface area (Å²) >= 11 is 0. The summed E-state index contributed by atoms with van der Waals surface area (Å²) in [4.78, 5) is 24.8. The highest BCUT2D eigenvalue weighted by molar-refractivity contribution is 5.94. The number of hydrogen-bond donors (Lipinski definition) is 3. The quantitative estimate of drug-likeness (QED) is 0.493. The summed E-state index contributed by atoms with van der Waals surface area (Å²) in [7, 11) is 1.83. The molecule has 0 saturated heterocycles. The second-order valence-corrected chi connectivity index (χ2v) is 7.11. The predicted molar refractivity (Wildman–Crippen MR) is 114 cm³/mol. The Labute approximate surface area is 175 Å². The second kappa shape index (κ2) is 9.45. The highest BCUT2D eigenvalue weighted by Crippen LogP contribution is 2.26. The first-order valence-corrected chi connectivity index (χ1v) is 9.77. The minimum Gasteiger partial charge on any atom is -0.351 e.